The van der Waals surface area contributed by atoms with Gasteiger partial charge in [0.15, 0.2) is 5.82 Å². The SMILES string of the molecule is Cc1nn(-c2ccccn2)c2c1[C@H](c1ccc(O)c(Cl)c1)SCC(=O)N2. The molecule has 0 spiro atoms. The molecule has 6 nitrogen and oxygen atoms in total. The number of phenolic OH excluding ortho intramolecular Hbond substituents is 1. The Balaban J connectivity index is 1.89. The van der Waals surface area contributed by atoms with Crippen LogP contribution >= 0.6 is 23.4 Å². The number of nitrogens with one attached hydrogen (secondary N) is 1. The highest BCUT2D eigenvalue weighted by molar-refractivity contribution is 8.00. The molecule has 26 heavy (non-hydrogen) atoms. The van der Waals surface area contributed by atoms with Crippen LogP contribution in [0, 0.1) is 6.92 Å². The zero-order valence-electron chi connectivity index (χ0n) is 13.8. The number of carbonyl (C=O) groups excluding carboxylic acids is 1. The number of fused-ring (bicyclic) bond motifs is 1. The molecule has 3 heterocycles. The smallest absolute Gasteiger partial charge is 0.235 e. The first-order valence-electron chi connectivity index (χ1n) is 7.95. The van der Waals surface area contributed by atoms with Gasteiger partial charge in [-0.15, -0.1) is 11.8 Å². The summed E-state index contributed by atoms with van der Waals surface area (Å²) in [6.45, 7) is 1.91. The molecule has 0 saturated heterocycles. The van der Waals surface area contributed by atoms with Crippen molar-refractivity contribution in [3.63, 3.8) is 0 Å². The molecule has 3 aromatic rings. The first kappa shape index (κ1) is 16.9. The van der Waals surface area contributed by atoms with E-state index in [1.165, 1.54) is 11.8 Å². The number of hydrogen-bond acceptors (Lipinski definition) is 5. The van der Waals surface area contributed by atoms with E-state index >= 15 is 0 Å². The summed E-state index contributed by atoms with van der Waals surface area (Å²) >= 11 is 7.60. The molecular formula is C18H15ClN4O2S. The summed E-state index contributed by atoms with van der Waals surface area (Å²) in [6.07, 6.45) is 1.68. The third-order valence-electron chi connectivity index (χ3n) is 4.15. The van der Waals surface area contributed by atoms with Crippen LogP contribution in [0.2, 0.25) is 5.02 Å². The van der Waals surface area contributed by atoms with Gasteiger partial charge in [0, 0.05) is 11.8 Å². The van der Waals surface area contributed by atoms with Crippen LogP contribution in [0.5, 0.6) is 5.75 Å². The molecular weight excluding hydrogens is 372 g/mol. The van der Waals surface area contributed by atoms with Crippen molar-refractivity contribution in [2.75, 3.05) is 11.1 Å². The topological polar surface area (TPSA) is 80.0 Å². The van der Waals surface area contributed by atoms with E-state index in [1.54, 1.807) is 23.0 Å². The molecule has 0 aliphatic carbocycles. The first-order valence-corrected chi connectivity index (χ1v) is 9.38. The number of amides is 1. The lowest BCUT2D eigenvalue weighted by molar-refractivity contribution is -0.113. The lowest BCUT2D eigenvalue weighted by Gasteiger charge is -2.16. The Bertz CT molecular complexity index is 990. The van der Waals surface area contributed by atoms with Gasteiger partial charge in [-0.3, -0.25) is 4.79 Å². The van der Waals surface area contributed by atoms with Crippen LogP contribution in [0.25, 0.3) is 5.82 Å². The summed E-state index contributed by atoms with van der Waals surface area (Å²) in [5.74, 6) is 1.49. The molecule has 2 aromatic heterocycles. The largest absolute Gasteiger partial charge is 0.506 e. The third-order valence-corrected chi connectivity index (χ3v) is 5.72. The van der Waals surface area contributed by atoms with E-state index in [0.29, 0.717) is 17.4 Å². The second kappa shape index (κ2) is 6.66. The molecule has 2 N–H and O–H groups in total. The normalized spacial score (nSPS) is 16.7. The second-order valence-electron chi connectivity index (χ2n) is 5.90. The number of hydrogen-bond donors (Lipinski definition) is 2. The molecule has 0 bridgehead atoms. The zero-order valence-corrected chi connectivity index (χ0v) is 15.4. The molecule has 1 aliphatic rings. The lowest BCUT2D eigenvalue weighted by Crippen LogP contribution is -2.16. The summed E-state index contributed by atoms with van der Waals surface area (Å²) in [5.41, 5.74) is 2.61. The number of benzene rings is 1. The number of phenols is 1. The van der Waals surface area contributed by atoms with Gasteiger partial charge >= 0.3 is 0 Å². The van der Waals surface area contributed by atoms with Gasteiger partial charge in [-0.2, -0.15) is 9.78 Å². The monoisotopic (exact) mass is 386 g/mol. The maximum Gasteiger partial charge on any atom is 0.235 e. The van der Waals surface area contributed by atoms with E-state index in [1.807, 2.05) is 31.2 Å². The maximum atomic E-state index is 12.3. The fraction of sp³-hybridized carbons (Fsp3) is 0.167. The first-order chi connectivity index (χ1) is 12.5. The Morgan fingerprint density at radius 3 is 2.92 bits per heavy atom. The fourth-order valence-electron chi connectivity index (χ4n) is 2.98. The van der Waals surface area contributed by atoms with Crippen LogP contribution in [0.15, 0.2) is 42.6 Å². The van der Waals surface area contributed by atoms with Crippen molar-refractivity contribution >= 4 is 35.1 Å². The number of anilines is 1. The van der Waals surface area contributed by atoms with E-state index in [-0.39, 0.29) is 21.9 Å². The average molecular weight is 387 g/mol. The Morgan fingerprint density at radius 2 is 2.19 bits per heavy atom. The van der Waals surface area contributed by atoms with Crippen LogP contribution in [0.4, 0.5) is 5.82 Å². The van der Waals surface area contributed by atoms with Crippen LogP contribution in [0.1, 0.15) is 22.1 Å². The molecule has 0 fully saturated rings. The highest BCUT2D eigenvalue weighted by Gasteiger charge is 2.31. The number of rotatable bonds is 2. The standard InChI is InChI=1S/C18H15ClN4O2S/c1-10-16-17(11-5-6-13(24)12(19)8-11)26-9-15(25)21-18(16)23(22-10)14-4-2-3-7-20-14/h2-8,17,24H,9H2,1H3,(H,21,25)/t17-/m0/s1. The van der Waals surface area contributed by atoms with Gasteiger partial charge in [-0.1, -0.05) is 23.7 Å². The number of carbonyl (C=O) groups is 1. The van der Waals surface area contributed by atoms with Crippen molar-refractivity contribution in [2.45, 2.75) is 12.2 Å². The number of aromatic nitrogens is 3. The highest BCUT2D eigenvalue weighted by Crippen LogP contribution is 2.44. The molecule has 1 aromatic carbocycles. The Hall–Kier alpha value is -2.51. The van der Waals surface area contributed by atoms with Crippen LogP contribution in [0.3, 0.4) is 0 Å². The summed E-state index contributed by atoms with van der Waals surface area (Å²) < 4.78 is 1.66. The number of aryl methyl sites for hydroxylation is 1. The highest BCUT2D eigenvalue weighted by atomic mass is 35.5. The van der Waals surface area contributed by atoms with Crippen molar-refractivity contribution in [1.29, 1.82) is 0 Å². The lowest BCUT2D eigenvalue weighted by atomic mass is 10.0. The zero-order chi connectivity index (χ0) is 18.3. The van der Waals surface area contributed by atoms with E-state index in [2.05, 4.69) is 15.4 Å². The minimum atomic E-state index is -0.139. The molecule has 1 aliphatic heterocycles. The maximum absolute atomic E-state index is 12.3. The van der Waals surface area contributed by atoms with E-state index in [4.69, 9.17) is 11.6 Å². The van der Waals surface area contributed by atoms with Gasteiger partial charge in [0.1, 0.15) is 11.6 Å². The molecule has 0 radical (unpaired) electrons. The van der Waals surface area contributed by atoms with E-state index in [0.717, 1.165) is 16.8 Å². The average Bonchev–Trinajstić information content (AvgIpc) is 2.84. The van der Waals surface area contributed by atoms with Crippen LogP contribution < -0.4 is 5.32 Å². The summed E-state index contributed by atoms with van der Waals surface area (Å²) in [7, 11) is 0. The minimum Gasteiger partial charge on any atom is -0.506 e. The quantitative estimate of drug-likeness (QED) is 0.701. The molecule has 0 saturated carbocycles. The number of halogens is 1. The summed E-state index contributed by atoms with van der Waals surface area (Å²) in [5, 5.41) is 17.4. The summed E-state index contributed by atoms with van der Waals surface area (Å²) in [4.78, 5) is 16.6. The fourth-order valence-corrected chi connectivity index (χ4v) is 4.35. The Morgan fingerprint density at radius 1 is 1.35 bits per heavy atom. The molecule has 4 rings (SSSR count). The molecule has 8 heteroatoms. The van der Waals surface area contributed by atoms with Gasteiger partial charge in [-0.25, -0.2) is 4.98 Å². The van der Waals surface area contributed by atoms with Gasteiger partial charge in [0.05, 0.1) is 21.7 Å². The van der Waals surface area contributed by atoms with Crippen molar-refractivity contribution < 1.29 is 9.90 Å². The predicted octanol–water partition coefficient (Wildman–Crippen LogP) is 3.71. The van der Waals surface area contributed by atoms with Crippen LogP contribution in [-0.4, -0.2) is 31.5 Å². The van der Waals surface area contributed by atoms with Crippen LogP contribution in [-0.2, 0) is 4.79 Å². The second-order valence-corrected chi connectivity index (χ2v) is 7.40. The van der Waals surface area contributed by atoms with Gasteiger partial charge in [0.2, 0.25) is 5.91 Å². The predicted molar refractivity (Wildman–Crippen MR) is 102 cm³/mol. The molecule has 1 amide bonds. The van der Waals surface area contributed by atoms with Crippen molar-refractivity contribution in [3.8, 4) is 11.6 Å². The van der Waals surface area contributed by atoms with Crippen molar-refractivity contribution in [1.82, 2.24) is 14.8 Å². The summed E-state index contributed by atoms with van der Waals surface area (Å²) in [6, 6.07) is 10.6. The number of aromatic hydroxyl groups is 1. The van der Waals surface area contributed by atoms with Crippen molar-refractivity contribution in [2.24, 2.45) is 0 Å². The van der Waals surface area contributed by atoms with E-state index in [9.17, 15) is 9.90 Å². The van der Waals surface area contributed by atoms with Gasteiger partial charge in [-0.05, 0) is 36.8 Å². The van der Waals surface area contributed by atoms with Gasteiger partial charge < -0.3 is 10.4 Å². The molecule has 1 atom stereocenters. The van der Waals surface area contributed by atoms with Crippen molar-refractivity contribution in [3.05, 3.63) is 64.4 Å². The Kier molecular flexibility index (Phi) is 4.34. The molecule has 0 unspecified atom stereocenters. The Labute approximate surface area is 159 Å². The number of pyridine rings is 1. The number of thioether (sulfide) groups is 1. The minimum absolute atomic E-state index is 0.0318. The van der Waals surface area contributed by atoms with E-state index < -0.39 is 0 Å². The third kappa shape index (κ3) is 2.93. The molecule has 132 valence electrons. The van der Waals surface area contributed by atoms with Gasteiger partial charge in [0.25, 0.3) is 0 Å². The number of nitrogens with zero attached hydrogens (tertiary/aromatic N) is 3.